The average molecular weight is 447 g/mol. The van der Waals surface area contributed by atoms with Crippen molar-refractivity contribution in [2.75, 3.05) is 33.3 Å². The van der Waals surface area contributed by atoms with Crippen LogP contribution in [0.2, 0.25) is 0 Å². The van der Waals surface area contributed by atoms with Crippen molar-refractivity contribution in [1.82, 2.24) is 0 Å². The Bertz CT molecular complexity index is 986. The van der Waals surface area contributed by atoms with Gasteiger partial charge in [0.05, 0.1) is 13.6 Å². The first-order valence-corrected chi connectivity index (χ1v) is 11.6. The number of hydrogen-bond donors (Lipinski definition) is 1. The van der Waals surface area contributed by atoms with Crippen molar-refractivity contribution in [2.24, 2.45) is 0 Å². The maximum atomic E-state index is 13.4. The molecule has 5 heteroatoms. The molecule has 1 aliphatic rings. The van der Waals surface area contributed by atoms with E-state index in [1.807, 2.05) is 66.7 Å². The highest BCUT2D eigenvalue weighted by molar-refractivity contribution is 5.85. The molecule has 0 aromatic heterocycles. The molecule has 0 bridgehead atoms. The number of benzene rings is 3. The van der Waals surface area contributed by atoms with Crippen LogP contribution in [0.5, 0.6) is 5.75 Å². The molecule has 0 amide bonds. The van der Waals surface area contributed by atoms with E-state index < -0.39 is 11.6 Å². The summed E-state index contributed by atoms with van der Waals surface area (Å²) in [6, 6.07) is 27.8. The van der Waals surface area contributed by atoms with Gasteiger partial charge in [-0.15, -0.1) is 0 Å². The van der Waals surface area contributed by atoms with Crippen molar-refractivity contribution >= 4 is 5.97 Å². The fraction of sp³-hybridized carbons (Fsp3) is 0.321. The van der Waals surface area contributed by atoms with E-state index in [1.165, 1.54) is 0 Å². The van der Waals surface area contributed by atoms with Crippen molar-refractivity contribution in [2.45, 2.75) is 24.5 Å². The summed E-state index contributed by atoms with van der Waals surface area (Å²) in [4.78, 5) is 13.4. The first kappa shape index (κ1) is 23.0. The number of aliphatic hydroxyl groups is 1. The molecule has 172 valence electrons. The minimum atomic E-state index is -1.85. The first-order chi connectivity index (χ1) is 16.0. The molecule has 1 saturated heterocycles. The van der Waals surface area contributed by atoms with Crippen molar-refractivity contribution < 1.29 is 23.9 Å². The minimum absolute atomic E-state index is 0.257. The molecule has 1 fully saturated rings. The highest BCUT2D eigenvalue weighted by Crippen LogP contribution is 2.32. The third kappa shape index (κ3) is 5.44. The maximum absolute atomic E-state index is 13.4. The van der Waals surface area contributed by atoms with Crippen LogP contribution in [-0.4, -0.2) is 55.0 Å². The number of esters is 1. The molecule has 0 spiro atoms. The standard InChI is InChI=1S/C28H32NO4/c1-29(20-21-32-25-16-9-4-10-17-25)19-11-18-26(22-29)33-27(30)28(31,23-12-5-2-6-13-23)24-14-7-3-8-15-24/h2-10,12-17,26,31H,11,18-22H2,1H3/q+1/t26-,29-/m1/s1. The molecular formula is C28H32NO4+. The van der Waals surface area contributed by atoms with E-state index in [0.717, 1.165) is 36.2 Å². The summed E-state index contributed by atoms with van der Waals surface area (Å²) < 4.78 is 12.6. The van der Waals surface area contributed by atoms with E-state index in [4.69, 9.17) is 9.47 Å². The zero-order chi connectivity index (χ0) is 23.2. The average Bonchev–Trinajstić information content (AvgIpc) is 2.85. The largest absolute Gasteiger partial charge is 0.488 e. The molecule has 0 saturated carbocycles. The lowest BCUT2D eigenvalue weighted by Crippen LogP contribution is -2.56. The fourth-order valence-electron chi connectivity index (χ4n) is 4.57. The summed E-state index contributed by atoms with van der Waals surface area (Å²) in [5.74, 6) is 0.235. The Labute approximate surface area is 195 Å². The molecule has 5 nitrogen and oxygen atoms in total. The SMILES string of the molecule is C[N@+]1(CCOc2ccccc2)CCC[C@@H](OC(=O)C(O)(c2ccccc2)c2ccccc2)C1. The summed E-state index contributed by atoms with van der Waals surface area (Å²) in [6.07, 6.45) is 1.49. The predicted octanol–water partition coefficient (Wildman–Crippen LogP) is 4.15. The van der Waals surface area contributed by atoms with Gasteiger partial charge in [-0.2, -0.15) is 0 Å². The van der Waals surface area contributed by atoms with E-state index in [0.29, 0.717) is 24.3 Å². The van der Waals surface area contributed by atoms with Gasteiger partial charge in [0.15, 0.2) is 6.10 Å². The Kier molecular flexibility index (Phi) is 7.11. The lowest BCUT2D eigenvalue weighted by Gasteiger charge is -2.41. The molecule has 3 aromatic rings. The number of hydrogen-bond acceptors (Lipinski definition) is 4. The maximum Gasteiger partial charge on any atom is 0.348 e. The number of likely N-dealkylation sites (N-methyl/N-ethyl adjacent to an activating group) is 1. The van der Waals surface area contributed by atoms with Gasteiger partial charge in [-0.3, -0.25) is 0 Å². The molecule has 0 radical (unpaired) electrons. The normalized spacial score (nSPS) is 20.7. The molecule has 0 aliphatic carbocycles. The summed E-state index contributed by atoms with van der Waals surface area (Å²) in [5.41, 5.74) is -0.837. The van der Waals surface area contributed by atoms with Gasteiger partial charge in [-0.05, 0) is 29.7 Å². The van der Waals surface area contributed by atoms with Crippen LogP contribution in [0, 0.1) is 0 Å². The Morgan fingerprint density at radius 2 is 1.48 bits per heavy atom. The molecule has 3 aromatic carbocycles. The van der Waals surface area contributed by atoms with Gasteiger partial charge in [0, 0.05) is 6.42 Å². The zero-order valence-electron chi connectivity index (χ0n) is 19.1. The minimum Gasteiger partial charge on any atom is -0.488 e. The molecule has 33 heavy (non-hydrogen) atoms. The Morgan fingerprint density at radius 3 is 2.06 bits per heavy atom. The van der Waals surface area contributed by atoms with Gasteiger partial charge >= 0.3 is 5.97 Å². The monoisotopic (exact) mass is 446 g/mol. The first-order valence-electron chi connectivity index (χ1n) is 11.6. The lowest BCUT2D eigenvalue weighted by atomic mass is 9.86. The number of ether oxygens (including phenoxy) is 2. The number of carbonyl (C=O) groups excluding carboxylic acids is 1. The summed E-state index contributed by atoms with van der Waals surface area (Å²) in [7, 11) is 2.18. The van der Waals surface area contributed by atoms with E-state index in [2.05, 4.69) is 7.05 Å². The van der Waals surface area contributed by atoms with Gasteiger partial charge in [-0.1, -0.05) is 78.9 Å². The highest BCUT2D eigenvalue weighted by atomic mass is 16.6. The molecule has 2 atom stereocenters. The Morgan fingerprint density at radius 1 is 0.939 bits per heavy atom. The molecule has 1 N–H and O–H groups in total. The van der Waals surface area contributed by atoms with Gasteiger partial charge in [0.1, 0.15) is 25.4 Å². The number of quaternary nitrogens is 1. The number of para-hydroxylation sites is 1. The van der Waals surface area contributed by atoms with Crippen LogP contribution in [0.15, 0.2) is 91.0 Å². The highest BCUT2D eigenvalue weighted by Gasteiger charge is 2.44. The van der Waals surface area contributed by atoms with Gasteiger partial charge in [0.25, 0.3) is 0 Å². The van der Waals surface area contributed by atoms with Crippen LogP contribution in [-0.2, 0) is 15.1 Å². The van der Waals surface area contributed by atoms with Crippen LogP contribution < -0.4 is 4.74 Å². The zero-order valence-corrected chi connectivity index (χ0v) is 19.1. The van der Waals surface area contributed by atoms with Crippen LogP contribution >= 0.6 is 0 Å². The van der Waals surface area contributed by atoms with Crippen LogP contribution in [0.4, 0.5) is 0 Å². The third-order valence-corrected chi connectivity index (χ3v) is 6.46. The third-order valence-electron chi connectivity index (χ3n) is 6.46. The van der Waals surface area contributed by atoms with Crippen LogP contribution in [0.1, 0.15) is 24.0 Å². The van der Waals surface area contributed by atoms with E-state index in [1.54, 1.807) is 24.3 Å². The van der Waals surface area contributed by atoms with Crippen molar-refractivity contribution in [1.29, 1.82) is 0 Å². The Balaban J connectivity index is 1.44. The van der Waals surface area contributed by atoms with E-state index >= 15 is 0 Å². The molecule has 0 unspecified atom stereocenters. The molecular weight excluding hydrogens is 414 g/mol. The predicted molar refractivity (Wildman–Crippen MR) is 128 cm³/mol. The van der Waals surface area contributed by atoms with Crippen molar-refractivity contribution in [3.8, 4) is 5.75 Å². The second-order valence-electron chi connectivity index (χ2n) is 9.02. The van der Waals surface area contributed by atoms with Crippen molar-refractivity contribution in [3.63, 3.8) is 0 Å². The van der Waals surface area contributed by atoms with E-state index in [9.17, 15) is 9.90 Å². The van der Waals surface area contributed by atoms with E-state index in [-0.39, 0.29) is 6.10 Å². The topological polar surface area (TPSA) is 55.8 Å². The summed E-state index contributed by atoms with van der Waals surface area (Å²) in [5, 5.41) is 11.7. The number of nitrogens with zero attached hydrogens (tertiary/aromatic N) is 1. The lowest BCUT2D eigenvalue weighted by molar-refractivity contribution is -0.917. The second kappa shape index (κ2) is 10.2. The fourth-order valence-corrected chi connectivity index (χ4v) is 4.57. The molecule has 1 heterocycles. The van der Waals surface area contributed by atoms with Crippen LogP contribution in [0.25, 0.3) is 0 Å². The van der Waals surface area contributed by atoms with Gasteiger partial charge in [-0.25, -0.2) is 4.79 Å². The van der Waals surface area contributed by atoms with Gasteiger partial charge < -0.3 is 19.1 Å². The quantitative estimate of drug-likeness (QED) is 0.417. The molecule has 1 aliphatic heterocycles. The van der Waals surface area contributed by atoms with Crippen LogP contribution in [0.3, 0.4) is 0 Å². The summed E-state index contributed by atoms with van der Waals surface area (Å²) in [6.45, 7) is 3.13. The number of carbonyl (C=O) groups is 1. The number of likely N-dealkylation sites (tertiary alicyclic amines) is 1. The summed E-state index contributed by atoms with van der Waals surface area (Å²) >= 11 is 0. The Hall–Kier alpha value is -3.15. The van der Waals surface area contributed by atoms with Gasteiger partial charge in [0.2, 0.25) is 5.60 Å². The second-order valence-corrected chi connectivity index (χ2v) is 9.02. The molecule has 4 rings (SSSR count). The smallest absolute Gasteiger partial charge is 0.348 e. The van der Waals surface area contributed by atoms with Crippen molar-refractivity contribution in [3.05, 3.63) is 102 Å². The number of piperidine rings is 1. The number of rotatable bonds is 8.